The van der Waals surface area contributed by atoms with E-state index in [2.05, 4.69) is 31.4 Å². The molecule has 4 nitrogen and oxygen atoms in total. The summed E-state index contributed by atoms with van der Waals surface area (Å²) < 4.78 is 0. The van der Waals surface area contributed by atoms with Gasteiger partial charge in [-0.05, 0) is 11.8 Å². The zero-order valence-electron chi connectivity index (χ0n) is 9.18. The van der Waals surface area contributed by atoms with Crippen LogP contribution in [0.5, 0.6) is 0 Å². The molecule has 0 bridgehead atoms. The van der Waals surface area contributed by atoms with Crippen molar-refractivity contribution in [3.63, 3.8) is 0 Å². The smallest absolute Gasteiger partial charge is 0.234 e. The van der Waals surface area contributed by atoms with Crippen LogP contribution in [0.3, 0.4) is 0 Å². The molecule has 1 amide bonds. The Hall–Kier alpha value is -1.08. The van der Waals surface area contributed by atoms with Crippen molar-refractivity contribution in [1.29, 1.82) is 5.26 Å². The van der Waals surface area contributed by atoms with Gasteiger partial charge in [-0.15, -0.1) is 0 Å². The Labute approximate surface area is 85.7 Å². The minimum absolute atomic E-state index is 0.0810. The zero-order chi connectivity index (χ0) is 11.0. The Balaban J connectivity index is 3.55. The maximum Gasteiger partial charge on any atom is 0.234 e. The molecule has 0 fully saturated rings. The molecule has 0 unspecified atom stereocenters. The fraction of sp³-hybridized carbons (Fsp3) is 0.800. The molecule has 0 aromatic heterocycles. The van der Waals surface area contributed by atoms with Crippen LogP contribution in [-0.4, -0.2) is 25.5 Å². The molecule has 0 heterocycles. The first-order valence-electron chi connectivity index (χ1n) is 4.86. The zero-order valence-corrected chi connectivity index (χ0v) is 9.18. The molecular formula is C10H19N3O. The summed E-state index contributed by atoms with van der Waals surface area (Å²) in [5.41, 5.74) is 0.218. The number of nitrogens with one attached hydrogen (secondary N) is 2. The SMILES string of the molecule is CCC(C)(C)CNCC(=O)NCC#N. The van der Waals surface area contributed by atoms with Gasteiger partial charge >= 0.3 is 0 Å². The van der Waals surface area contributed by atoms with Gasteiger partial charge in [-0.25, -0.2) is 0 Å². The average molecular weight is 197 g/mol. The molecule has 2 N–H and O–H groups in total. The fourth-order valence-corrected chi connectivity index (χ4v) is 0.840. The second kappa shape index (κ2) is 6.39. The summed E-state index contributed by atoms with van der Waals surface area (Å²) in [4.78, 5) is 11.1. The first-order valence-corrected chi connectivity index (χ1v) is 4.86. The van der Waals surface area contributed by atoms with E-state index in [0.717, 1.165) is 13.0 Å². The molecule has 0 spiro atoms. The van der Waals surface area contributed by atoms with Crippen molar-refractivity contribution in [2.75, 3.05) is 19.6 Å². The van der Waals surface area contributed by atoms with E-state index < -0.39 is 0 Å². The van der Waals surface area contributed by atoms with Crippen LogP contribution in [0.25, 0.3) is 0 Å². The lowest BCUT2D eigenvalue weighted by molar-refractivity contribution is -0.120. The summed E-state index contributed by atoms with van der Waals surface area (Å²) in [6.45, 7) is 7.59. The Bertz CT molecular complexity index is 218. The van der Waals surface area contributed by atoms with Gasteiger partial charge in [0.25, 0.3) is 0 Å². The number of carbonyl (C=O) groups excluding carboxylic acids is 1. The molecule has 0 aromatic carbocycles. The van der Waals surface area contributed by atoms with Gasteiger partial charge in [-0.2, -0.15) is 5.26 Å². The lowest BCUT2D eigenvalue weighted by atomic mass is 9.90. The summed E-state index contributed by atoms with van der Waals surface area (Å²) in [6.07, 6.45) is 1.07. The van der Waals surface area contributed by atoms with E-state index in [9.17, 15) is 4.79 Å². The van der Waals surface area contributed by atoms with Crippen molar-refractivity contribution in [1.82, 2.24) is 10.6 Å². The molecule has 0 aromatic rings. The van der Waals surface area contributed by atoms with Crippen molar-refractivity contribution in [3.05, 3.63) is 0 Å². The van der Waals surface area contributed by atoms with E-state index in [1.807, 2.05) is 6.07 Å². The van der Waals surface area contributed by atoms with E-state index in [-0.39, 0.29) is 24.4 Å². The summed E-state index contributed by atoms with van der Waals surface area (Å²) >= 11 is 0. The monoisotopic (exact) mass is 197 g/mol. The molecule has 0 aliphatic rings. The van der Waals surface area contributed by atoms with Crippen LogP contribution in [-0.2, 0) is 4.79 Å². The van der Waals surface area contributed by atoms with Crippen LogP contribution in [0, 0.1) is 16.7 Å². The van der Waals surface area contributed by atoms with E-state index in [1.54, 1.807) is 0 Å². The van der Waals surface area contributed by atoms with Gasteiger partial charge in [-0.1, -0.05) is 20.8 Å². The molecule has 14 heavy (non-hydrogen) atoms. The van der Waals surface area contributed by atoms with Crippen LogP contribution in [0.2, 0.25) is 0 Å². The highest BCUT2D eigenvalue weighted by Crippen LogP contribution is 2.17. The lowest BCUT2D eigenvalue weighted by Crippen LogP contribution is -2.38. The van der Waals surface area contributed by atoms with Gasteiger partial charge in [0.2, 0.25) is 5.91 Å². The van der Waals surface area contributed by atoms with Crippen molar-refractivity contribution >= 4 is 5.91 Å². The number of rotatable bonds is 6. The fourth-order valence-electron chi connectivity index (χ4n) is 0.840. The molecular weight excluding hydrogens is 178 g/mol. The minimum Gasteiger partial charge on any atom is -0.342 e. The normalized spacial score (nSPS) is 10.7. The maximum atomic E-state index is 11.1. The Morgan fingerprint density at radius 1 is 1.50 bits per heavy atom. The van der Waals surface area contributed by atoms with Gasteiger partial charge in [0.1, 0.15) is 6.54 Å². The summed E-state index contributed by atoms with van der Waals surface area (Å²) in [5, 5.41) is 13.8. The summed E-state index contributed by atoms with van der Waals surface area (Å²) in [5.74, 6) is -0.126. The highest BCUT2D eigenvalue weighted by molar-refractivity contribution is 5.78. The predicted octanol–water partition coefficient (Wildman–Crippen LogP) is 0.652. The Morgan fingerprint density at radius 3 is 2.64 bits per heavy atom. The van der Waals surface area contributed by atoms with Crippen molar-refractivity contribution in [2.24, 2.45) is 5.41 Å². The van der Waals surface area contributed by atoms with Crippen LogP contribution < -0.4 is 10.6 Å². The highest BCUT2D eigenvalue weighted by Gasteiger charge is 2.14. The van der Waals surface area contributed by atoms with Crippen LogP contribution in [0.1, 0.15) is 27.2 Å². The first kappa shape index (κ1) is 12.9. The molecule has 0 aliphatic carbocycles. The van der Waals surface area contributed by atoms with E-state index in [1.165, 1.54) is 0 Å². The van der Waals surface area contributed by atoms with Crippen LogP contribution >= 0.6 is 0 Å². The molecule has 0 radical (unpaired) electrons. The lowest BCUT2D eigenvalue weighted by Gasteiger charge is -2.22. The largest absolute Gasteiger partial charge is 0.342 e. The van der Waals surface area contributed by atoms with Gasteiger partial charge in [0.05, 0.1) is 12.6 Å². The maximum absolute atomic E-state index is 11.1. The first-order chi connectivity index (χ1) is 6.52. The molecule has 0 atom stereocenters. The van der Waals surface area contributed by atoms with Crippen molar-refractivity contribution in [3.8, 4) is 6.07 Å². The third-order valence-electron chi connectivity index (χ3n) is 2.21. The third-order valence-corrected chi connectivity index (χ3v) is 2.21. The van der Waals surface area contributed by atoms with E-state index >= 15 is 0 Å². The highest BCUT2D eigenvalue weighted by atomic mass is 16.1. The van der Waals surface area contributed by atoms with Gasteiger partial charge in [-0.3, -0.25) is 4.79 Å². The molecule has 4 heteroatoms. The minimum atomic E-state index is -0.126. The van der Waals surface area contributed by atoms with Gasteiger partial charge < -0.3 is 10.6 Å². The molecule has 0 saturated carbocycles. The predicted molar refractivity (Wildman–Crippen MR) is 55.6 cm³/mol. The van der Waals surface area contributed by atoms with Crippen molar-refractivity contribution < 1.29 is 4.79 Å². The molecule has 0 rings (SSSR count). The molecule has 80 valence electrons. The Kier molecular flexibility index (Phi) is 5.89. The van der Waals surface area contributed by atoms with Crippen LogP contribution in [0.15, 0.2) is 0 Å². The quantitative estimate of drug-likeness (QED) is 0.614. The standard InChI is InChI=1S/C10H19N3O/c1-4-10(2,3)8-12-7-9(14)13-6-5-11/h12H,4,6-8H2,1-3H3,(H,13,14). The summed E-state index contributed by atoms with van der Waals surface area (Å²) in [6, 6.07) is 1.86. The molecule has 0 saturated heterocycles. The number of amides is 1. The van der Waals surface area contributed by atoms with Gasteiger partial charge in [0, 0.05) is 6.54 Å². The van der Waals surface area contributed by atoms with Gasteiger partial charge in [0.15, 0.2) is 0 Å². The second-order valence-electron chi connectivity index (χ2n) is 4.06. The Morgan fingerprint density at radius 2 is 2.14 bits per heavy atom. The second-order valence-corrected chi connectivity index (χ2v) is 4.06. The number of carbonyl (C=O) groups is 1. The number of nitriles is 1. The number of nitrogens with zero attached hydrogens (tertiary/aromatic N) is 1. The number of hydrogen-bond acceptors (Lipinski definition) is 3. The van der Waals surface area contributed by atoms with Crippen LogP contribution in [0.4, 0.5) is 0 Å². The molecule has 0 aliphatic heterocycles. The third kappa shape index (κ3) is 6.44. The van der Waals surface area contributed by atoms with E-state index in [0.29, 0.717) is 0 Å². The topological polar surface area (TPSA) is 64.9 Å². The summed E-state index contributed by atoms with van der Waals surface area (Å²) in [7, 11) is 0. The van der Waals surface area contributed by atoms with Crippen molar-refractivity contribution in [2.45, 2.75) is 27.2 Å². The average Bonchev–Trinajstić information content (AvgIpc) is 2.14. The van der Waals surface area contributed by atoms with E-state index in [4.69, 9.17) is 5.26 Å². The number of hydrogen-bond donors (Lipinski definition) is 2.